The predicted octanol–water partition coefficient (Wildman–Crippen LogP) is 2.11. The fraction of sp³-hybridized carbons (Fsp3) is 0.308. The van der Waals surface area contributed by atoms with Crippen molar-refractivity contribution in [2.75, 3.05) is 11.8 Å². The Kier molecular flexibility index (Phi) is 4.74. The lowest BCUT2D eigenvalue weighted by Crippen LogP contribution is -2.15. The first-order valence-corrected chi connectivity index (χ1v) is 8.61. The minimum absolute atomic E-state index is 0.0524. The van der Waals surface area contributed by atoms with E-state index < -0.39 is 10.0 Å². The maximum atomic E-state index is 12.1. The van der Waals surface area contributed by atoms with E-state index in [4.69, 9.17) is 0 Å². The molecular weight excluding hydrogens is 294 g/mol. The van der Waals surface area contributed by atoms with Crippen LogP contribution in [-0.4, -0.2) is 20.4 Å². The van der Waals surface area contributed by atoms with Gasteiger partial charge in [0, 0.05) is 17.6 Å². The maximum absolute atomic E-state index is 12.1. The summed E-state index contributed by atoms with van der Waals surface area (Å²) in [6, 6.07) is 7.53. The molecule has 0 saturated heterocycles. The lowest BCUT2D eigenvalue weighted by Gasteiger charge is -2.07. The molecule has 0 fully saturated rings. The van der Waals surface area contributed by atoms with Crippen LogP contribution in [-0.2, 0) is 22.3 Å². The zero-order valence-electron chi connectivity index (χ0n) is 11.4. The molecule has 2 N–H and O–H groups in total. The Morgan fingerprint density at radius 1 is 1.30 bits per heavy atom. The van der Waals surface area contributed by atoms with Crippen LogP contribution in [0.5, 0.6) is 0 Å². The van der Waals surface area contributed by atoms with Crippen LogP contribution in [0.25, 0.3) is 0 Å². The number of anilines is 1. The topological polar surface area (TPSA) is 71.1 Å². The number of benzene rings is 1. The van der Waals surface area contributed by atoms with Gasteiger partial charge < -0.3 is 5.32 Å². The summed E-state index contributed by atoms with van der Waals surface area (Å²) in [5.74, 6) is -0.0524. The molecule has 5 nitrogen and oxygen atoms in total. The van der Waals surface area contributed by atoms with Crippen molar-refractivity contribution in [3.8, 4) is 0 Å². The van der Waals surface area contributed by atoms with Crippen molar-refractivity contribution < 1.29 is 8.42 Å². The highest BCUT2D eigenvalue weighted by atomic mass is 32.2. The molecule has 0 aliphatic carbocycles. The molecule has 0 radical (unpaired) electrons. The zero-order chi connectivity index (χ0) is 14.6. The maximum Gasteiger partial charge on any atom is 0.238 e. The smallest absolute Gasteiger partial charge is 0.238 e. The third-order valence-corrected chi connectivity index (χ3v) is 4.77. The summed E-state index contributed by atoms with van der Waals surface area (Å²) < 4.78 is 26.7. The molecule has 1 aromatic carbocycles. The van der Waals surface area contributed by atoms with E-state index in [1.54, 1.807) is 6.20 Å². The van der Waals surface area contributed by atoms with Gasteiger partial charge in [0.2, 0.25) is 10.0 Å². The van der Waals surface area contributed by atoms with Crippen molar-refractivity contribution in [1.29, 1.82) is 0 Å². The Bertz CT molecular complexity index is 680. The summed E-state index contributed by atoms with van der Waals surface area (Å²) >= 11 is 1.33. The molecule has 2 rings (SSSR count). The van der Waals surface area contributed by atoms with Gasteiger partial charge in [0.25, 0.3) is 0 Å². The highest BCUT2D eigenvalue weighted by Crippen LogP contribution is 2.19. The molecule has 1 heterocycles. The lowest BCUT2D eigenvalue weighted by molar-refractivity contribution is 0.600. The van der Waals surface area contributed by atoms with Crippen molar-refractivity contribution >= 4 is 26.5 Å². The van der Waals surface area contributed by atoms with Crippen molar-refractivity contribution in [1.82, 2.24) is 10.3 Å². The standard InChI is InChI=1S/C13H17N3O2S2/c1-10-7-15-13(19-10)16-20(17,18)9-12-5-3-4-11(6-12)8-14-2/h3-7,14H,8-9H2,1-2H3,(H,15,16). The van der Waals surface area contributed by atoms with Gasteiger partial charge in [-0.05, 0) is 25.1 Å². The second kappa shape index (κ2) is 6.34. The van der Waals surface area contributed by atoms with Crippen molar-refractivity contribution in [3.05, 3.63) is 46.5 Å². The first-order valence-electron chi connectivity index (χ1n) is 6.14. The fourth-order valence-corrected chi connectivity index (χ4v) is 3.90. The molecule has 0 saturated carbocycles. The Morgan fingerprint density at radius 3 is 2.70 bits per heavy atom. The highest BCUT2D eigenvalue weighted by Gasteiger charge is 2.13. The van der Waals surface area contributed by atoms with Crippen molar-refractivity contribution in [2.24, 2.45) is 0 Å². The molecule has 20 heavy (non-hydrogen) atoms. The molecular formula is C13H17N3O2S2. The third-order valence-electron chi connectivity index (χ3n) is 2.59. The van der Waals surface area contributed by atoms with Crippen LogP contribution < -0.4 is 10.0 Å². The number of aryl methyl sites for hydroxylation is 1. The monoisotopic (exact) mass is 311 g/mol. The van der Waals surface area contributed by atoms with Crippen molar-refractivity contribution in [2.45, 2.75) is 19.2 Å². The molecule has 0 bridgehead atoms. The molecule has 2 aromatic rings. The van der Waals surface area contributed by atoms with Gasteiger partial charge in [-0.15, -0.1) is 11.3 Å². The molecule has 0 aliphatic heterocycles. The minimum atomic E-state index is -3.43. The average molecular weight is 311 g/mol. The van der Waals surface area contributed by atoms with Crippen LogP contribution in [0.4, 0.5) is 5.13 Å². The Morgan fingerprint density at radius 2 is 2.05 bits per heavy atom. The molecule has 0 aliphatic rings. The number of thiazole rings is 1. The van der Waals surface area contributed by atoms with E-state index in [0.717, 1.165) is 16.0 Å². The number of aromatic nitrogens is 1. The fourth-order valence-electron chi connectivity index (χ4n) is 1.82. The molecule has 108 valence electrons. The zero-order valence-corrected chi connectivity index (χ0v) is 13.0. The molecule has 0 unspecified atom stereocenters. The van der Waals surface area contributed by atoms with Crippen molar-refractivity contribution in [3.63, 3.8) is 0 Å². The van der Waals surface area contributed by atoms with E-state index in [0.29, 0.717) is 11.7 Å². The summed E-state index contributed by atoms with van der Waals surface area (Å²) in [5.41, 5.74) is 1.82. The summed E-state index contributed by atoms with van der Waals surface area (Å²) in [6.07, 6.45) is 1.65. The van der Waals surface area contributed by atoms with Gasteiger partial charge in [0.05, 0.1) is 5.75 Å². The van der Waals surface area contributed by atoms with E-state index in [-0.39, 0.29) is 5.75 Å². The molecule has 0 atom stereocenters. The SMILES string of the molecule is CNCc1cccc(CS(=O)(=O)Nc2ncc(C)s2)c1. The lowest BCUT2D eigenvalue weighted by atomic mass is 10.1. The van der Waals surface area contributed by atoms with Crippen LogP contribution in [0.3, 0.4) is 0 Å². The van der Waals surface area contributed by atoms with Gasteiger partial charge in [-0.1, -0.05) is 24.3 Å². The average Bonchev–Trinajstić information content (AvgIpc) is 2.74. The number of nitrogens with one attached hydrogen (secondary N) is 2. The summed E-state index contributed by atoms with van der Waals surface area (Å²) in [6.45, 7) is 2.60. The third kappa shape index (κ3) is 4.29. The summed E-state index contributed by atoms with van der Waals surface area (Å²) in [5, 5.41) is 3.45. The first kappa shape index (κ1) is 15.0. The van der Waals surface area contributed by atoms with Crippen LogP contribution in [0, 0.1) is 6.92 Å². The second-order valence-corrected chi connectivity index (χ2v) is 7.44. The van der Waals surface area contributed by atoms with Crippen LogP contribution in [0.2, 0.25) is 0 Å². The normalized spacial score (nSPS) is 11.5. The largest absolute Gasteiger partial charge is 0.316 e. The highest BCUT2D eigenvalue weighted by molar-refractivity contribution is 7.92. The van der Waals surface area contributed by atoms with Gasteiger partial charge in [-0.3, -0.25) is 4.72 Å². The Labute approximate surface area is 123 Å². The van der Waals surface area contributed by atoms with E-state index in [9.17, 15) is 8.42 Å². The number of hydrogen-bond donors (Lipinski definition) is 2. The molecule has 0 amide bonds. The Balaban J connectivity index is 2.09. The second-order valence-electron chi connectivity index (χ2n) is 4.49. The van der Waals surface area contributed by atoms with E-state index in [1.165, 1.54) is 11.3 Å². The van der Waals surface area contributed by atoms with Gasteiger partial charge in [0.1, 0.15) is 0 Å². The van der Waals surface area contributed by atoms with Crippen LogP contribution in [0.15, 0.2) is 30.5 Å². The summed E-state index contributed by atoms with van der Waals surface area (Å²) in [7, 11) is -1.57. The quantitative estimate of drug-likeness (QED) is 0.857. The van der Waals surface area contributed by atoms with Gasteiger partial charge >= 0.3 is 0 Å². The molecule has 0 spiro atoms. The minimum Gasteiger partial charge on any atom is -0.316 e. The van der Waals surface area contributed by atoms with Gasteiger partial charge in [-0.2, -0.15) is 0 Å². The van der Waals surface area contributed by atoms with Gasteiger partial charge in [0.15, 0.2) is 5.13 Å². The van der Waals surface area contributed by atoms with E-state index in [2.05, 4.69) is 15.0 Å². The molecule has 7 heteroatoms. The first-order chi connectivity index (χ1) is 9.48. The van der Waals surface area contributed by atoms with E-state index in [1.807, 2.05) is 38.2 Å². The number of rotatable bonds is 6. The Hall–Kier alpha value is -1.44. The van der Waals surface area contributed by atoms with Crippen LogP contribution in [0.1, 0.15) is 16.0 Å². The predicted molar refractivity (Wildman–Crippen MR) is 82.3 cm³/mol. The number of nitrogens with zero attached hydrogens (tertiary/aromatic N) is 1. The summed E-state index contributed by atoms with van der Waals surface area (Å²) in [4.78, 5) is 4.98. The molecule has 1 aromatic heterocycles. The van der Waals surface area contributed by atoms with Gasteiger partial charge in [-0.25, -0.2) is 13.4 Å². The number of sulfonamides is 1. The van der Waals surface area contributed by atoms with E-state index >= 15 is 0 Å². The number of hydrogen-bond acceptors (Lipinski definition) is 5. The van der Waals surface area contributed by atoms with Crippen LogP contribution >= 0.6 is 11.3 Å².